The van der Waals surface area contributed by atoms with E-state index in [1.807, 2.05) is 0 Å². The largest absolute Gasteiger partial charge is 0.433 e. The van der Waals surface area contributed by atoms with E-state index in [2.05, 4.69) is 25.7 Å². The maximum atomic E-state index is 11.8. The van der Waals surface area contributed by atoms with Crippen molar-refractivity contribution in [2.75, 3.05) is 0 Å². The number of nitrogens with zero attached hydrogens (tertiary/aromatic N) is 1. The van der Waals surface area contributed by atoms with Crippen LogP contribution in [0.15, 0.2) is 16.7 Å². The number of aromatic nitrogens is 1. The van der Waals surface area contributed by atoms with Crippen LogP contribution in [0.2, 0.25) is 0 Å². The average molecular weight is 238 g/mol. The van der Waals surface area contributed by atoms with E-state index < -0.39 is 6.61 Å². The lowest BCUT2D eigenvalue weighted by Crippen LogP contribution is -2.03. The Bertz CT molecular complexity index is 280. The van der Waals surface area contributed by atoms with Crippen LogP contribution in [-0.2, 0) is 0 Å². The maximum absolute atomic E-state index is 11.8. The summed E-state index contributed by atoms with van der Waals surface area (Å²) >= 11 is 3.09. The van der Waals surface area contributed by atoms with E-state index in [0.717, 1.165) is 0 Å². The van der Waals surface area contributed by atoms with E-state index >= 15 is 0 Å². The molecule has 0 aliphatic rings. The molecule has 12 heavy (non-hydrogen) atoms. The summed E-state index contributed by atoms with van der Waals surface area (Å²) in [4.78, 5) is 3.87. The van der Waals surface area contributed by atoms with Gasteiger partial charge in [0, 0.05) is 6.20 Å². The van der Waals surface area contributed by atoms with Gasteiger partial charge >= 0.3 is 6.61 Å². The Morgan fingerprint density at radius 3 is 2.83 bits per heavy atom. The average Bonchev–Trinajstić information content (AvgIpc) is 1.98. The molecule has 0 atom stereocenters. The van der Waals surface area contributed by atoms with Gasteiger partial charge in [-0.05, 0) is 28.9 Å². The van der Waals surface area contributed by atoms with Crippen LogP contribution in [0.1, 0.15) is 5.69 Å². The molecule has 0 bridgehead atoms. The van der Waals surface area contributed by atoms with Crippen molar-refractivity contribution in [1.29, 1.82) is 0 Å². The Kier molecular flexibility index (Phi) is 2.97. The van der Waals surface area contributed by atoms with Crippen LogP contribution in [0.25, 0.3) is 0 Å². The first kappa shape index (κ1) is 9.38. The summed E-state index contributed by atoms with van der Waals surface area (Å²) in [5, 5.41) is 0. The van der Waals surface area contributed by atoms with E-state index in [4.69, 9.17) is 0 Å². The van der Waals surface area contributed by atoms with Crippen LogP contribution in [0.3, 0.4) is 0 Å². The van der Waals surface area contributed by atoms with Crippen LogP contribution in [0.5, 0.6) is 5.75 Å². The predicted octanol–water partition coefficient (Wildman–Crippen LogP) is 2.75. The number of aryl methyl sites for hydroxylation is 1. The van der Waals surface area contributed by atoms with Crippen molar-refractivity contribution in [2.45, 2.75) is 13.5 Å². The van der Waals surface area contributed by atoms with Crippen molar-refractivity contribution in [3.63, 3.8) is 0 Å². The van der Waals surface area contributed by atoms with Crippen LogP contribution in [0, 0.1) is 6.92 Å². The molecule has 0 amide bonds. The van der Waals surface area contributed by atoms with Gasteiger partial charge in [0.15, 0.2) is 0 Å². The van der Waals surface area contributed by atoms with Gasteiger partial charge in [-0.25, -0.2) is 0 Å². The van der Waals surface area contributed by atoms with Crippen molar-refractivity contribution in [2.24, 2.45) is 0 Å². The van der Waals surface area contributed by atoms with Crippen LogP contribution >= 0.6 is 15.9 Å². The molecule has 1 heterocycles. The quantitative estimate of drug-likeness (QED) is 0.790. The molecule has 0 radical (unpaired) electrons. The Balaban J connectivity index is 2.92. The standard InChI is InChI=1S/C7H6BrF2NO/c1-4-6(8)5(2-3-11-4)12-7(9)10/h2-3,7H,1H3. The molecular formula is C7H6BrF2NO. The molecule has 0 aliphatic carbocycles. The van der Waals surface area contributed by atoms with Crippen molar-refractivity contribution in [1.82, 2.24) is 4.98 Å². The van der Waals surface area contributed by atoms with E-state index in [1.165, 1.54) is 12.3 Å². The minimum atomic E-state index is -2.80. The van der Waals surface area contributed by atoms with Crippen molar-refractivity contribution < 1.29 is 13.5 Å². The third kappa shape index (κ3) is 2.14. The molecule has 0 saturated heterocycles. The molecule has 0 aliphatic heterocycles. The number of ether oxygens (including phenoxy) is 1. The zero-order chi connectivity index (χ0) is 9.14. The normalized spacial score (nSPS) is 10.4. The van der Waals surface area contributed by atoms with Gasteiger partial charge in [-0.3, -0.25) is 4.98 Å². The summed E-state index contributed by atoms with van der Waals surface area (Å²) < 4.78 is 28.2. The van der Waals surface area contributed by atoms with Crippen LogP contribution in [0.4, 0.5) is 8.78 Å². The highest BCUT2D eigenvalue weighted by atomic mass is 79.9. The van der Waals surface area contributed by atoms with Crippen molar-refractivity contribution >= 4 is 15.9 Å². The number of alkyl halides is 2. The highest BCUT2D eigenvalue weighted by Gasteiger charge is 2.09. The molecule has 66 valence electrons. The molecule has 2 nitrogen and oxygen atoms in total. The van der Waals surface area contributed by atoms with Crippen molar-refractivity contribution in [3.05, 3.63) is 22.4 Å². The zero-order valence-corrected chi connectivity index (χ0v) is 7.81. The fourth-order valence-electron chi connectivity index (χ4n) is 0.712. The molecular weight excluding hydrogens is 232 g/mol. The Labute approximate surface area is 76.7 Å². The lowest BCUT2D eigenvalue weighted by molar-refractivity contribution is -0.0504. The van der Waals surface area contributed by atoms with E-state index in [1.54, 1.807) is 6.92 Å². The summed E-state index contributed by atoms with van der Waals surface area (Å²) in [7, 11) is 0. The second-order valence-electron chi connectivity index (χ2n) is 2.09. The molecule has 0 saturated carbocycles. The highest BCUT2D eigenvalue weighted by molar-refractivity contribution is 9.10. The van der Waals surface area contributed by atoms with E-state index in [0.29, 0.717) is 10.2 Å². The lowest BCUT2D eigenvalue weighted by Gasteiger charge is -2.06. The minimum absolute atomic E-state index is 0.109. The van der Waals surface area contributed by atoms with Gasteiger partial charge in [0.05, 0.1) is 10.2 Å². The Morgan fingerprint density at radius 2 is 2.25 bits per heavy atom. The molecule has 0 unspecified atom stereocenters. The van der Waals surface area contributed by atoms with Gasteiger partial charge in [0.25, 0.3) is 0 Å². The summed E-state index contributed by atoms with van der Waals surface area (Å²) in [6.07, 6.45) is 1.41. The predicted molar refractivity (Wildman–Crippen MR) is 43.3 cm³/mol. The number of rotatable bonds is 2. The highest BCUT2D eigenvalue weighted by Crippen LogP contribution is 2.27. The fourth-order valence-corrected chi connectivity index (χ4v) is 1.04. The third-order valence-electron chi connectivity index (χ3n) is 1.24. The van der Waals surface area contributed by atoms with Gasteiger partial charge in [-0.1, -0.05) is 0 Å². The zero-order valence-electron chi connectivity index (χ0n) is 6.22. The first-order valence-electron chi connectivity index (χ1n) is 3.17. The van der Waals surface area contributed by atoms with Gasteiger partial charge in [-0.15, -0.1) is 0 Å². The van der Waals surface area contributed by atoms with Gasteiger partial charge < -0.3 is 4.74 Å². The van der Waals surface area contributed by atoms with E-state index in [-0.39, 0.29) is 5.75 Å². The first-order valence-corrected chi connectivity index (χ1v) is 3.96. The Morgan fingerprint density at radius 1 is 1.58 bits per heavy atom. The second-order valence-corrected chi connectivity index (χ2v) is 2.88. The monoisotopic (exact) mass is 237 g/mol. The smallest absolute Gasteiger partial charge is 0.387 e. The Hall–Kier alpha value is -0.710. The SMILES string of the molecule is Cc1nccc(OC(F)F)c1Br. The van der Waals surface area contributed by atoms with Gasteiger partial charge in [0.1, 0.15) is 5.75 Å². The van der Waals surface area contributed by atoms with Crippen LogP contribution in [-0.4, -0.2) is 11.6 Å². The number of hydrogen-bond acceptors (Lipinski definition) is 2. The fraction of sp³-hybridized carbons (Fsp3) is 0.286. The van der Waals surface area contributed by atoms with Gasteiger partial charge in [0.2, 0.25) is 0 Å². The number of hydrogen-bond donors (Lipinski definition) is 0. The molecule has 0 spiro atoms. The molecule has 1 aromatic heterocycles. The van der Waals surface area contributed by atoms with Gasteiger partial charge in [-0.2, -0.15) is 8.78 Å². The summed E-state index contributed by atoms with van der Waals surface area (Å²) in [5.74, 6) is 0.109. The molecule has 0 N–H and O–H groups in total. The summed E-state index contributed by atoms with van der Waals surface area (Å²) in [6.45, 7) is -1.11. The van der Waals surface area contributed by atoms with E-state index in [9.17, 15) is 8.78 Å². The minimum Gasteiger partial charge on any atom is -0.433 e. The lowest BCUT2D eigenvalue weighted by atomic mass is 10.4. The molecule has 0 fully saturated rings. The molecule has 5 heteroatoms. The number of halogens is 3. The molecule has 1 aromatic rings. The van der Waals surface area contributed by atoms with Crippen LogP contribution < -0.4 is 4.74 Å². The first-order chi connectivity index (χ1) is 5.61. The maximum Gasteiger partial charge on any atom is 0.387 e. The second kappa shape index (κ2) is 3.80. The number of pyridine rings is 1. The van der Waals surface area contributed by atoms with Crippen molar-refractivity contribution in [3.8, 4) is 5.75 Å². The topological polar surface area (TPSA) is 22.1 Å². The summed E-state index contributed by atoms with van der Waals surface area (Å²) in [6, 6.07) is 1.38. The summed E-state index contributed by atoms with van der Waals surface area (Å²) in [5.41, 5.74) is 0.619. The molecule has 0 aromatic carbocycles. The third-order valence-corrected chi connectivity index (χ3v) is 2.21. The molecule has 1 rings (SSSR count).